The number of amides is 1. The van der Waals surface area contributed by atoms with E-state index in [2.05, 4.69) is 5.32 Å². The van der Waals surface area contributed by atoms with Crippen molar-refractivity contribution in [2.24, 2.45) is 0 Å². The van der Waals surface area contributed by atoms with E-state index >= 15 is 0 Å². The molecule has 0 saturated heterocycles. The Balaban J connectivity index is 2.21. The number of nitrogens with two attached hydrogens (primary N) is 1. The topological polar surface area (TPSA) is 84.6 Å². The normalized spacial score (nSPS) is 11.9. The fraction of sp³-hybridized carbons (Fsp3) is 0.417. The van der Waals surface area contributed by atoms with Crippen LogP contribution in [0.25, 0.3) is 0 Å². The highest BCUT2D eigenvalue weighted by Gasteiger charge is 2.03. The number of nitrogen functional groups attached to an aromatic ring is 1. The highest BCUT2D eigenvalue weighted by Crippen LogP contribution is 2.14. The minimum absolute atomic E-state index is 0.144. The van der Waals surface area contributed by atoms with Crippen LogP contribution < -0.4 is 15.8 Å². The third kappa shape index (κ3) is 5.77. The summed E-state index contributed by atoms with van der Waals surface area (Å²) in [5.74, 6) is 0.503. The van der Waals surface area contributed by atoms with Gasteiger partial charge in [0.2, 0.25) is 5.91 Å². The third-order valence-corrected chi connectivity index (χ3v) is 2.05. The first kappa shape index (κ1) is 13.3. The minimum atomic E-state index is -0.534. The molecule has 0 heterocycles. The zero-order valence-electron chi connectivity index (χ0n) is 9.85. The van der Waals surface area contributed by atoms with E-state index < -0.39 is 6.10 Å². The Labute approximate surface area is 101 Å². The number of aliphatic hydroxyl groups excluding tert-OH is 1. The van der Waals surface area contributed by atoms with Crippen molar-refractivity contribution in [2.45, 2.75) is 19.4 Å². The van der Waals surface area contributed by atoms with Gasteiger partial charge in [0.15, 0.2) is 0 Å². The van der Waals surface area contributed by atoms with Gasteiger partial charge in [0.05, 0.1) is 19.1 Å². The Morgan fingerprint density at radius 2 is 2.35 bits per heavy atom. The first-order chi connectivity index (χ1) is 8.08. The molecular weight excluding hydrogens is 220 g/mol. The quantitative estimate of drug-likeness (QED) is 0.631. The SMILES string of the molecule is C[C@H](O)CNC(=O)CCOc1cccc(N)c1. The molecule has 0 radical (unpaired) electrons. The number of aliphatic hydroxyl groups is 1. The lowest BCUT2D eigenvalue weighted by molar-refractivity contribution is -0.122. The molecule has 5 nitrogen and oxygen atoms in total. The number of benzene rings is 1. The van der Waals surface area contributed by atoms with E-state index in [-0.39, 0.29) is 25.5 Å². The first-order valence-electron chi connectivity index (χ1n) is 5.51. The molecular formula is C12H18N2O3. The zero-order chi connectivity index (χ0) is 12.7. The lowest BCUT2D eigenvalue weighted by Crippen LogP contribution is -2.31. The molecule has 1 aromatic rings. The maximum atomic E-state index is 11.3. The molecule has 0 aliphatic heterocycles. The average molecular weight is 238 g/mol. The monoisotopic (exact) mass is 238 g/mol. The second-order valence-electron chi connectivity index (χ2n) is 3.82. The van der Waals surface area contributed by atoms with E-state index in [1.54, 1.807) is 31.2 Å². The van der Waals surface area contributed by atoms with Crippen LogP contribution >= 0.6 is 0 Å². The van der Waals surface area contributed by atoms with Gasteiger partial charge in [-0.2, -0.15) is 0 Å². The molecule has 0 fully saturated rings. The van der Waals surface area contributed by atoms with Crippen LogP contribution in [0.2, 0.25) is 0 Å². The van der Waals surface area contributed by atoms with Crippen LogP contribution in [0, 0.1) is 0 Å². The summed E-state index contributed by atoms with van der Waals surface area (Å²) in [6, 6.07) is 7.04. The van der Waals surface area contributed by atoms with Gasteiger partial charge in [0, 0.05) is 18.3 Å². The Hall–Kier alpha value is -1.75. The summed E-state index contributed by atoms with van der Waals surface area (Å²) in [5, 5.41) is 11.6. The maximum Gasteiger partial charge on any atom is 0.223 e. The fourth-order valence-electron chi connectivity index (χ4n) is 1.22. The zero-order valence-corrected chi connectivity index (χ0v) is 9.85. The fourth-order valence-corrected chi connectivity index (χ4v) is 1.22. The lowest BCUT2D eigenvalue weighted by atomic mass is 10.3. The van der Waals surface area contributed by atoms with E-state index in [1.165, 1.54) is 0 Å². The highest BCUT2D eigenvalue weighted by molar-refractivity contribution is 5.76. The number of hydrogen-bond acceptors (Lipinski definition) is 4. The summed E-state index contributed by atoms with van der Waals surface area (Å²) >= 11 is 0. The number of anilines is 1. The molecule has 0 aromatic heterocycles. The summed E-state index contributed by atoms with van der Waals surface area (Å²) in [4.78, 5) is 11.3. The van der Waals surface area contributed by atoms with Gasteiger partial charge in [0.1, 0.15) is 5.75 Å². The third-order valence-electron chi connectivity index (χ3n) is 2.05. The molecule has 0 aliphatic rings. The summed E-state index contributed by atoms with van der Waals surface area (Å²) in [6.07, 6.45) is -0.282. The van der Waals surface area contributed by atoms with Gasteiger partial charge in [-0.15, -0.1) is 0 Å². The van der Waals surface area contributed by atoms with Gasteiger partial charge in [-0.3, -0.25) is 4.79 Å². The summed E-state index contributed by atoms with van der Waals surface area (Å²) in [7, 11) is 0. The Morgan fingerprint density at radius 3 is 3.00 bits per heavy atom. The van der Waals surface area contributed by atoms with E-state index in [1.807, 2.05) is 0 Å². The number of nitrogens with one attached hydrogen (secondary N) is 1. The van der Waals surface area contributed by atoms with Gasteiger partial charge >= 0.3 is 0 Å². The van der Waals surface area contributed by atoms with Gasteiger partial charge in [0.25, 0.3) is 0 Å². The smallest absolute Gasteiger partial charge is 0.223 e. The summed E-state index contributed by atoms with van der Waals surface area (Å²) in [6.45, 7) is 2.16. The van der Waals surface area contributed by atoms with E-state index in [0.717, 1.165) is 0 Å². The van der Waals surface area contributed by atoms with Crippen LogP contribution in [0.4, 0.5) is 5.69 Å². The molecule has 94 valence electrons. The van der Waals surface area contributed by atoms with Crippen LogP contribution in [0.1, 0.15) is 13.3 Å². The number of rotatable bonds is 6. The van der Waals surface area contributed by atoms with Crippen LogP contribution in [-0.2, 0) is 4.79 Å². The predicted octanol–water partition coefficient (Wildman–Crippen LogP) is 0.535. The average Bonchev–Trinajstić information content (AvgIpc) is 2.26. The van der Waals surface area contributed by atoms with Crippen molar-refractivity contribution in [1.29, 1.82) is 0 Å². The van der Waals surface area contributed by atoms with Gasteiger partial charge < -0.3 is 20.9 Å². The van der Waals surface area contributed by atoms with Crippen molar-refractivity contribution >= 4 is 11.6 Å². The van der Waals surface area contributed by atoms with Crippen molar-refractivity contribution in [3.8, 4) is 5.75 Å². The molecule has 17 heavy (non-hydrogen) atoms. The van der Waals surface area contributed by atoms with Crippen LogP contribution in [-0.4, -0.2) is 30.3 Å². The van der Waals surface area contributed by atoms with Gasteiger partial charge in [-0.25, -0.2) is 0 Å². The molecule has 1 aromatic carbocycles. The molecule has 0 saturated carbocycles. The number of hydrogen-bond donors (Lipinski definition) is 3. The Morgan fingerprint density at radius 1 is 1.59 bits per heavy atom. The van der Waals surface area contributed by atoms with Gasteiger partial charge in [-0.05, 0) is 19.1 Å². The van der Waals surface area contributed by atoms with Crippen molar-refractivity contribution in [3.63, 3.8) is 0 Å². The van der Waals surface area contributed by atoms with E-state index in [9.17, 15) is 4.79 Å². The lowest BCUT2D eigenvalue weighted by Gasteiger charge is -2.08. The summed E-state index contributed by atoms with van der Waals surface area (Å²) < 4.78 is 5.36. The first-order valence-corrected chi connectivity index (χ1v) is 5.51. The number of ether oxygens (including phenoxy) is 1. The van der Waals surface area contributed by atoms with Gasteiger partial charge in [-0.1, -0.05) is 6.07 Å². The molecule has 1 rings (SSSR count). The molecule has 0 bridgehead atoms. The van der Waals surface area contributed by atoms with Crippen LogP contribution in [0.15, 0.2) is 24.3 Å². The van der Waals surface area contributed by atoms with E-state index in [4.69, 9.17) is 15.6 Å². The Kier molecular flexibility index (Phi) is 5.29. The Bertz CT molecular complexity index is 367. The molecule has 0 spiro atoms. The second-order valence-corrected chi connectivity index (χ2v) is 3.82. The standard InChI is InChI=1S/C12H18N2O3/c1-9(15)8-14-12(16)5-6-17-11-4-2-3-10(13)7-11/h2-4,7,9,15H,5-6,8,13H2,1H3,(H,14,16)/t9-/m0/s1. The molecule has 5 heteroatoms. The van der Waals surface area contributed by atoms with Crippen molar-refractivity contribution < 1.29 is 14.6 Å². The van der Waals surface area contributed by atoms with Crippen molar-refractivity contribution in [3.05, 3.63) is 24.3 Å². The predicted molar refractivity (Wildman–Crippen MR) is 65.7 cm³/mol. The molecule has 1 atom stereocenters. The van der Waals surface area contributed by atoms with Crippen LogP contribution in [0.3, 0.4) is 0 Å². The van der Waals surface area contributed by atoms with Crippen molar-refractivity contribution in [2.75, 3.05) is 18.9 Å². The molecule has 1 amide bonds. The largest absolute Gasteiger partial charge is 0.493 e. The van der Waals surface area contributed by atoms with Crippen molar-refractivity contribution in [1.82, 2.24) is 5.32 Å². The second kappa shape index (κ2) is 6.75. The maximum absolute atomic E-state index is 11.3. The molecule has 4 N–H and O–H groups in total. The molecule has 0 aliphatic carbocycles. The molecule has 0 unspecified atom stereocenters. The number of carbonyl (C=O) groups excluding carboxylic acids is 1. The minimum Gasteiger partial charge on any atom is -0.493 e. The van der Waals surface area contributed by atoms with E-state index in [0.29, 0.717) is 11.4 Å². The van der Waals surface area contributed by atoms with Crippen LogP contribution in [0.5, 0.6) is 5.75 Å². The number of carbonyl (C=O) groups is 1. The highest BCUT2D eigenvalue weighted by atomic mass is 16.5. The summed E-state index contributed by atoms with van der Waals surface area (Å²) in [5.41, 5.74) is 6.21.